The van der Waals surface area contributed by atoms with Crippen LogP contribution in [0, 0.1) is 12.3 Å². The van der Waals surface area contributed by atoms with Crippen LogP contribution in [-0.2, 0) is 11.2 Å². The molecule has 0 saturated heterocycles. The third kappa shape index (κ3) is 4.03. The number of carbonyl (C=O) groups is 1. The van der Waals surface area contributed by atoms with Crippen LogP contribution in [0.1, 0.15) is 17.0 Å². The summed E-state index contributed by atoms with van der Waals surface area (Å²) >= 11 is 2.91. The Labute approximate surface area is 142 Å². The van der Waals surface area contributed by atoms with Gasteiger partial charge in [-0.3, -0.25) is 4.79 Å². The molecule has 1 N–H and O–H groups in total. The summed E-state index contributed by atoms with van der Waals surface area (Å²) < 4.78 is 0. The third-order valence-electron chi connectivity index (χ3n) is 3.19. The first kappa shape index (κ1) is 15.4. The molecule has 0 atom stereocenters. The number of hydrogen-bond donors (Lipinski definition) is 1. The van der Waals surface area contributed by atoms with Gasteiger partial charge in [0.25, 0.3) is 0 Å². The molecular formula is C17H13N3OS2. The minimum absolute atomic E-state index is 0.0714. The zero-order valence-corrected chi connectivity index (χ0v) is 13.8. The summed E-state index contributed by atoms with van der Waals surface area (Å²) in [4.78, 5) is 20.4. The van der Waals surface area contributed by atoms with E-state index in [-0.39, 0.29) is 5.91 Å². The van der Waals surface area contributed by atoms with Crippen LogP contribution < -0.4 is 5.32 Å². The summed E-state index contributed by atoms with van der Waals surface area (Å²) in [5, 5.41) is 7.09. The third-order valence-corrected chi connectivity index (χ3v) is 4.55. The molecule has 0 bridgehead atoms. The SMILES string of the molecule is C#Cc1nc(NC(=O)CCc2cccc(-c3cscn3)c2)cs1. The van der Waals surface area contributed by atoms with Gasteiger partial charge in [0.1, 0.15) is 5.82 Å². The Morgan fingerprint density at radius 1 is 1.35 bits per heavy atom. The number of aromatic nitrogens is 2. The highest BCUT2D eigenvalue weighted by Gasteiger charge is 2.07. The number of nitrogens with zero attached hydrogens (tertiary/aromatic N) is 2. The first-order valence-corrected chi connectivity index (χ1v) is 8.76. The monoisotopic (exact) mass is 339 g/mol. The van der Waals surface area contributed by atoms with Crippen LogP contribution in [0.25, 0.3) is 11.3 Å². The smallest absolute Gasteiger partial charge is 0.225 e. The van der Waals surface area contributed by atoms with E-state index in [0.717, 1.165) is 16.8 Å². The number of benzene rings is 1. The normalized spacial score (nSPS) is 10.2. The van der Waals surface area contributed by atoms with Crippen LogP contribution in [0.2, 0.25) is 0 Å². The maximum atomic E-state index is 12.0. The second-order valence-electron chi connectivity index (χ2n) is 4.80. The van der Waals surface area contributed by atoms with Gasteiger partial charge in [0, 0.05) is 22.7 Å². The minimum atomic E-state index is -0.0714. The highest BCUT2D eigenvalue weighted by Crippen LogP contribution is 2.21. The largest absolute Gasteiger partial charge is 0.310 e. The molecule has 0 radical (unpaired) electrons. The Balaban J connectivity index is 1.59. The van der Waals surface area contributed by atoms with Gasteiger partial charge in [-0.15, -0.1) is 29.1 Å². The van der Waals surface area contributed by atoms with E-state index in [4.69, 9.17) is 6.42 Å². The van der Waals surface area contributed by atoms with Crippen LogP contribution in [0.3, 0.4) is 0 Å². The highest BCUT2D eigenvalue weighted by atomic mass is 32.1. The summed E-state index contributed by atoms with van der Waals surface area (Å²) in [6.07, 6.45) is 6.32. The van der Waals surface area contributed by atoms with E-state index in [9.17, 15) is 4.79 Å². The fourth-order valence-electron chi connectivity index (χ4n) is 2.10. The van der Waals surface area contributed by atoms with Crippen molar-refractivity contribution in [3.05, 3.63) is 51.1 Å². The molecule has 0 spiro atoms. The van der Waals surface area contributed by atoms with Crippen LogP contribution in [0.5, 0.6) is 0 Å². The lowest BCUT2D eigenvalue weighted by Crippen LogP contribution is -2.12. The van der Waals surface area contributed by atoms with Crippen molar-refractivity contribution in [1.82, 2.24) is 9.97 Å². The molecule has 0 aliphatic carbocycles. The molecule has 0 saturated carbocycles. The second kappa shape index (κ2) is 7.18. The fourth-order valence-corrected chi connectivity index (χ4v) is 3.22. The van der Waals surface area contributed by atoms with Crippen LogP contribution in [0.15, 0.2) is 40.5 Å². The van der Waals surface area contributed by atoms with Gasteiger partial charge in [0.15, 0.2) is 5.01 Å². The molecule has 3 aromatic rings. The molecule has 6 heteroatoms. The van der Waals surface area contributed by atoms with Gasteiger partial charge < -0.3 is 5.32 Å². The molecular weight excluding hydrogens is 326 g/mol. The van der Waals surface area contributed by atoms with E-state index in [0.29, 0.717) is 23.7 Å². The number of terminal acetylenes is 1. The molecule has 0 aliphatic rings. The number of hydrogen-bond acceptors (Lipinski definition) is 5. The number of thiazole rings is 2. The lowest BCUT2D eigenvalue weighted by atomic mass is 10.0. The maximum absolute atomic E-state index is 12.0. The van der Waals surface area contributed by atoms with Crippen molar-refractivity contribution in [2.24, 2.45) is 0 Å². The summed E-state index contributed by atoms with van der Waals surface area (Å²) in [5.41, 5.74) is 4.95. The number of nitrogens with one attached hydrogen (secondary N) is 1. The molecule has 3 rings (SSSR count). The predicted molar refractivity (Wildman–Crippen MR) is 94.5 cm³/mol. The van der Waals surface area contributed by atoms with E-state index in [1.807, 2.05) is 29.1 Å². The van der Waals surface area contributed by atoms with E-state index in [1.54, 1.807) is 16.7 Å². The molecule has 1 amide bonds. The van der Waals surface area contributed by atoms with E-state index in [2.05, 4.69) is 27.3 Å². The molecule has 0 unspecified atom stereocenters. The van der Waals surface area contributed by atoms with Gasteiger partial charge in [-0.1, -0.05) is 18.2 Å². The lowest BCUT2D eigenvalue weighted by molar-refractivity contribution is -0.116. The van der Waals surface area contributed by atoms with E-state index < -0.39 is 0 Å². The van der Waals surface area contributed by atoms with Gasteiger partial charge in [-0.05, 0) is 24.0 Å². The average Bonchev–Trinajstić information content (AvgIpc) is 3.25. The zero-order valence-electron chi connectivity index (χ0n) is 12.2. The van der Waals surface area contributed by atoms with Crippen molar-refractivity contribution in [2.45, 2.75) is 12.8 Å². The van der Waals surface area contributed by atoms with Crippen molar-refractivity contribution in [1.29, 1.82) is 0 Å². The number of rotatable bonds is 5. The second-order valence-corrected chi connectivity index (χ2v) is 6.38. The molecule has 0 fully saturated rings. The first-order valence-electron chi connectivity index (χ1n) is 6.94. The van der Waals surface area contributed by atoms with Gasteiger partial charge in [-0.25, -0.2) is 9.97 Å². The Hall–Kier alpha value is -2.49. The molecule has 114 valence electrons. The van der Waals surface area contributed by atoms with E-state index >= 15 is 0 Å². The highest BCUT2D eigenvalue weighted by molar-refractivity contribution is 7.10. The summed E-state index contributed by atoms with van der Waals surface area (Å²) in [7, 11) is 0. The molecule has 2 aromatic heterocycles. The number of amides is 1. The fraction of sp³-hybridized carbons (Fsp3) is 0.118. The molecule has 4 nitrogen and oxygen atoms in total. The van der Waals surface area contributed by atoms with E-state index in [1.165, 1.54) is 11.3 Å². The van der Waals surface area contributed by atoms with Gasteiger partial charge >= 0.3 is 0 Å². The minimum Gasteiger partial charge on any atom is -0.310 e. The predicted octanol–water partition coefficient (Wildman–Crippen LogP) is 3.82. The van der Waals surface area contributed by atoms with Gasteiger partial charge in [-0.2, -0.15) is 0 Å². The number of aryl methyl sites for hydroxylation is 1. The molecule has 2 heterocycles. The van der Waals surface area contributed by atoms with Crippen molar-refractivity contribution < 1.29 is 4.79 Å². The van der Waals surface area contributed by atoms with Gasteiger partial charge in [0.05, 0.1) is 11.2 Å². The van der Waals surface area contributed by atoms with Crippen LogP contribution in [-0.4, -0.2) is 15.9 Å². The molecule has 0 aliphatic heterocycles. The van der Waals surface area contributed by atoms with Crippen molar-refractivity contribution in [2.75, 3.05) is 5.32 Å². The number of carbonyl (C=O) groups excluding carboxylic acids is 1. The summed E-state index contributed by atoms with van der Waals surface area (Å²) in [5.74, 6) is 2.90. The quantitative estimate of drug-likeness (QED) is 0.719. The Kier molecular flexibility index (Phi) is 4.81. The summed E-state index contributed by atoms with van der Waals surface area (Å²) in [6.45, 7) is 0. The first-order chi connectivity index (χ1) is 11.2. The topological polar surface area (TPSA) is 54.9 Å². The van der Waals surface area contributed by atoms with Crippen molar-refractivity contribution in [3.63, 3.8) is 0 Å². The van der Waals surface area contributed by atoms with Crippen molar-refractivity contribution in [3.8, 4) is 23.6 Å². The molecule has 23 heavy (non-hydrogen) atoms. The van der Waals surface area contributed by atoms with Crippen LogP contribution >= 0.6 is 22.7 Å². The Morgan fingerprint density at radius 3 is 3.00 bits per heavy atom. The lowest BCUT2D eigenvalue weighted by Gasteiger charge is -2.04. The summed E-state index contributed by atoms with van der Waals surface area (Å²) in [6, 6.07) is 8.10. The maximum Gasteiger partial charge on any atom is 0.225 e. The standard InChI is InChI=1S/C17H13N3OS2/c1-2-17-20-15(10-23-17)19-16(21)7-6-12-4-3-5-13(8-12)14-9-22-11-18-14/h1,3-5,8-11H,6-7H2,(H,19,21). The van der Waals surface area contributed by atoms with Crippen molar-refractivity contribution >= 4 is 34.4 Å². The van der Waals surface area contributed by atoms with Crippen LogP contribution in [0.4, 0.5) is 5.82 Å². The average molecular weight is 339 g/mol. The van der Waals surface area contributed by atoms with Gasteiger partial charge in [0.2, 0.25) is 5.91 Å². The molecule has 1 aromatic carbocycles. The Morgan fingerprint density at radius 2 is 2.26 bits per heavy atom. The zero-order chi connectivity index (χ0) is 16.1. The number of anilines is 1. The Bertz CT molecular complexity index is 847.